The summed E-state index contributed by atoms with van der Waals surface area (Å²) in [6.07, 6.45) is 0. The minimum Gasteiger partial charge on any atom is -0.497 e. The predicted octanol–water partition coefficient (Wildman–Crippen LogP) is 6.05. The Bertz CT molecular complexity index is 1430. The van der Waals surface area contributed by atoms with E-state index in [4.69, 9.17) is 9.84 Å². The molecule has 5 rings (SSSR count). The lowest BCUT2D eigenvalue weighted by atomic mass is 10.0. The molecule has 0 spiro atoms. The molecule has 2 aromatic heterocycles. The van der Waals surface area contributed by atoms with E-state index in [2.05, 4.69) is 103 Å². The predicted molar refractivity (Wildman–Crippen MR) is 139 cm³/mol. The second-order valence-electron chi connectivity index (χ2n) is 9.02. The average Bonchev–Trinajstić information content (AvgIpc) is 3.35. The summed E-state index contributed by atoms with van der Waals surface area (Å²) < 4.78 is 9.82. The molecule has 0 unspecified atom stereocenters. The number of benzene rings is 3. The molecule has 0 saturated heterocycles. The molecule has 2 heterocycles. The number of methoxy groups -OCH3 is 1. The van der Waals surface area contributed by atoms with Crippen molar-refractivity contribution >= 4 is 5.65 Å². The van der Waals surface area contributed by atoms with Crippen molar-refractivity contribution in [3.63, 3.8) is 0 Å². The van der Waals surface area contributed by atoms with Crippen LogP contribution in [0.3, 0.4) is 0 Å². The van der Waals surface area contributed by atoms with E-state index in [-0.39, 0.29) is 0 Å². The van der Waals surface area contributed by atoms with Gasteiger partial charge in [-0.3, -0.25) is 0 Å². The summed E-state index contributed by atoms with van der Waals surface area (Å²) in [4.78, 5) is 2.20. The van der Waals surface area contributed by atoms with Crippen molar-refractivity contribution in [1.82, 2.24) is 19.1 Å². The Morgan fingerprint density at radius 1 is 0.794 bits per heavy atom. The van der Waals surface area contributed by atoms with Gasteiger partial charge in [-0.05, 0) is 45.3 Å². The molecule has 5 heteroatoms. The van der Waals surface area contributed by atoms with Gasteiger partial charge in [0.25, 0.3) is 0 Å². The largest absolute Gasteiger partial charge is 0.497 e. The van der Waals surface area contributed by atoms with Gasteiger partial charge in [-0.15, -0.1) is 0 Å². The van der Waals surface area contributed by atoms with E-state index in [0.29, 0.717) is 0 Å². The van der Waals surface area contributed by atoms with Crippen LogP contribution in [0.2, 0.25) is 0 Å². The summed E-state index contributed by atoms with van der Waals surface area (Å²) in [7, 11) is 8.04. The number of rotatable bonds is 6. The summed E-state index contributed by atoms with van der Waals surface area (Å²) in [5.74, 6) is 0.847. The fraction of sp³-hybridized carbons (Fsp3) is 0.207. The van der Waals surface area contributed by atoms with Crippen LogP contribution in [0.5, 0.6) is 5.75 Å². The van der Waals surface area contributed by atoms with Crippen molar-refractivity contribution in [1.29, 1.82) is 0 Å². The van der Waals surface area contributed by atoms with Crippen molar-refractivity contribution in [2.24, 2.45) is 7.05 Å². The summed E-state index contributed by atoms with van der Waals surface area (Å²) in [5.41, 5.74) is 10.2. The van der Waals surface area contributed by atoms with Gasteiger partial charge in [0, 0.05) is 35.8 Å². The maximum Gasteiger partial charge on any atom is 0.141 e. The zero-order valence-corrected chi connectivity index (χ0v) is 20.4. The first-order valence-electron chi connectivity index (χ1n) is 11.5. The Hall–Kier alpha value is -3.83. The van der Waals surface area contributed by atoms with Gasteiger partial charge in [0.15, 0.2) is 0 Å². The highest BCUT2D eigenvalue weighted by Crippen LogP contribution is 2.39. The standard InChI is InChI=1S/C29H30N4O/c1-20-11-13-23(14-12-20)28-27(22-15-17-24(34-5)18-16-22)32(4)29-25(19-31(2)3)26(30-33(28)29)21-9-7-6-8-10-21/h6-18H,19H2,1-5H3. The third-order valence-corrected chi connectivity index (χ3v) is 6.26. The fourth-order valence-electron chi connectivity index (χ4n) is 4.65. The molecule has 0 aliphatic rings. The summed E-state index contributed by atoms with van der Waals surface area (Å²) in [6, 6.07) is 27.4. The van der Waals surface area contributed by atoms with Gasteiger partial charge in [0.05, 0.1) is 24.2 Å². The molecule has 0 atom stereocenters. The maximum absolute atomic E-state index is 5.40. The van der Waals surface area contributed by atoms with Gasteiger partial charge in [0.1, 0.15) is 11.4 Å². The number of aryl methyl sites for hydroxylation is 2. The van der Waals surface area contributed by atoms with Crippen LogP contribution in [0.1, 0.15) is 11.1 Å². The van der Waals surface area contributed by atoms with Gasteiger partial charge < -0.3 is 14.2 Å². The molecule has 0 bridgehead atoms. The summed E-state index contributed by atoms with van der Waals surface area (Å²) in [5, 5.41) is 5.22. The van der Waals surface area contributed by atoms with E-state index < -0.39 is 0 Å². The van der Waals surface area contributed by atoms with Crippen LogP contribution in [0, 0.1) is 6.92 Å². The summed E-state index contributed by atoms with van der Waals surface area (Å²) >= 11 is 0. The average molecular weight is 451 g/mol. The van der Waals surface area contributed by atoms with Gasteiger partial charge in [-0.25, -0.2) is 4.52 Å². The molecule has 0 fully saturated rings. The van der Waals surface area contributed by atoms with Gasteiger partial charge in [-0.1, -0.05) is 60.2 Å². The van der Waals surface area contributed by atoms with Crippen molar-refractivity contribution in [3.8, 4) is 39.5 Å². The smallest absolute Gasteiger partial charge is 0.141 e. The van der Waals surface area contributed by atoms with Crippen molar-refractivity contribution in [3.05, 3.63) is 90.0 Å². The second kappa shape index (κ2) is 8.84. The maximum atomic E-state index is 5.40. The number of hydrogen-bond acceptors (Lipinski definition) is 3. The molecule has 0 saturated carbocycles. The highest BCUT2D eigenvalue weighted by atomic mass is 16.5. The zero-order valence-electron chi connectivity index (χ0n) is 20.4. The monoisotopic (exact) mass is 450 g/mol. The van der Waals surface area contributed by atoms with Gasteiger partial charge in [0.2, 0.25) is 0 Å². The first-order valence-corrected chi connectivity index (χ1v) is 11.5. The van der Waals surface area contributed by atoms with Crippen LogP contribution >= 0.6 is 0 Å². The van der Waals surface area contributed by atoms with E-state index in [9.17, 15) is 0 Å². The Morgan fingerprint density at radius 3 is 2.03 bits per heavy atom. The Labute approximate surface area is 200 Å². The Balaban J connectivity index is 1.85. The first kappa shape index (κ1) is 22.0. The minimum absolute atomic E-state index is 0.793. The van der Waals surface area contributed by atoms with Gasteiger partial charge in [-0.2, -0.15) is 5.10 Å². The van der Waals surface area contributed by atoms with Crippen molar-refractivity contribution in [2.45, 2.75) is 13.5 Å². The number of hydrogen-bond donors (Lipinski definition) is 0. The Kier molecular flexibility index (Phi) is 5.72. The van der Waals surface area contributed by atoms with Crippen molar-refractivity contribution in [2.75, 3.05) is 21.2 Å². The number of ether oxygens (including phenoxy) is 1. The molecule has 5 aromatic rings. The SMILES string of the molecule is COc1ccc(-c2c(-c3ccc(C)cc3)n3nc(-c4ccccc4)c(CN(C)C)c3n2C)cc1. The highest BCUT2D eigenvalue weighted by Gasteiger charge is 2.26. The number of imidazole rings is 1. The lowest BCUT2D eigenvalue weighted by molar-refractivity contribution is 0.404. The lowest BCUT2D eigenvalue weighted by Crippen LogP contribution is -2.12. The van der Waals surface area contributed by atoms with E-state index >= 15 is 0 Å². The first-order chi connectivity index (χ1) is 16.5. The molecule has 0 aliphatic carbocycles. The third kappa shape index (κ3) is 3.78. The van der Waals surface area contributed by atoms with E-state index in [1.807, 2.05) is 18.2 Å². The molecule has 172 valence electrons. The summed E-state index contributed by atoms with van der Waals surface area (Å²) in [6.45, 7) is 2.91. The fourth-order valence-corrected chi connectivity index (χ4v) is 4.65. The molecule has 34 heavy (non-hydrogen) atoms. The normalized spacial score (nSPS) is 11.5. The quantitative estimate of drug-likeness (QED) is 0.316. The van der Waals surface area contributed by atoms with E-state index in [0.717, 1.165) is 51.7 Å². The second-order valence-corrected chi connectivity index (χ2v) is 9.02. The topological polar surface area (TPSA) is 34.7 Å². The lowest BCUT2D eigenvalue weighted by Gasteiger charge is -2.12. The molecule has 5 nitrogen and oxygen atoms in total. The van der Waals surface area contributed by atoms with Crippen LogP contribution < -0.4 is 4.74 Å². The highest BCUT2D eigenvalue weighted by molar-refractivity contribution is 5.85. The molecule has 0 aliphatic heterocycles. The Morgan fingerprint density at radius 2 is 1.41 bits per heavy atom. The van der Waals surface area contributed by atoms with E-state index in [1.165, 1.54) is 11.1 Å². The number of aromatic nitrogens is 3. The molecule has 0 radical (unpaired) electrons. The number of fused-ring (bicyclic) bond motifs is 1. The molecule has 0 N–H and O–H groups in total. The van der Waals surface area contributed by atoms with Crippen LogP contribution in [0.15, 0.2) is 78.9 Å². The number of nitrogens with zero attached hydrogens (tertiary/aromatic N) is 4. The van der Waals surface area contributed by atoms with E-state index in [1.54, 1.807) is 7.11 Å². The molecule has 0 amide bonds. The molecular weight excluding hydrogens is 420 g/mol. The van der Waals surface area contributed by atoms with Crippen LogP contribution in [0.4, 0.5) is 0 Å². The molecular formula is C29H30N4O. The third-order valence-electron chi connectivity index (χ3n) is 6.26. The molecule has 3 aromatic carbocycles. The van der Waals surface area contributed by atoms with Crippen LogP contribution in [0.25, 0.3) is 39.4 Å². The minimum atomic E-state index is 0.793. The van der Waals surface area contributed by atoms with Crippen molar-refractivity contribution < 1.29 is 4.74 Å². The van der Waals surface area contributed by atoms with Gasteiger partial charge >= 0.3 is 0 Å². The zero-order chi connectivity index (χ0) is 23.8. The van der Waals surface area contributed by atoms with Crippen LogP contribution in [-0.2, 0) is 13.6 Å². The van der Waals surface area contributed by atoms with Crippen LogP contribution in [-0.4, -0.2) is 40.3 Å².